The van der Waals surface area contributed by atoms with Crippen molar-refractivity contribution in [2.45, 2.75) is 24.3 Å². The second-order valence-corrected chi connectivity index (χ2v) is 10.3. The van der Waals surface area contributed by atoms with Crippen molar-refractivity contribution in [3.63, 3.8) is 0 Å². The highest BCUT2D eigenvalue weighted by Crippen LogP contribution is 2.23. The van der Waals surface area contributed by atoms with Gasteiger partial charge in [-0.05, 0) is 48.9 Å². The largest absolute Gasteiger partial charge is 0.497 e. The maximum atomic E-state index is 12.5. The molecule has 3 aromatic rings. The first-order valence-electron chi connectivity index (χ1n) is 9.56. The number of methoxy groups -OCH3 is 2. The topological polar surface area (TPSA) is 87.0 Å². The van der Waals surface area contributed by atoms with Gasteiger partial charge >= 0.3 is 0 Å². The summed E-state index contributed by atoms with van der Waals surface area (Å²) in [5.74, 6) is 0.220. The number of fused-ring (bicyclic) bond motifs is 1. The van der Waals surface area contributed by atoms with Crippen LogP contribution in [0.4, 0.5) is 0 Å². The number of amides is 1. The second-order valence-electron chi connectivity index (χ2n) is 6.74. The Bertz CT molecular complexity index is 1230. The number of sulfone groups is 1. The number of ether oxygens (including phenoxy) is 2. The summed E-state index contributed by atoms with van der Waals surface area (Å²) in [5, 5.41) is 0.468. The molecule has 2 aromatic carbocycles. The van der Waals surface area contributed by atoms with Crippen molar-refractivity contribution >= 4 is 48.9 Å². The van der Waals surface area contributed by atoms with Crippen LogP contribution in [0.3, 0.4) is 0 Å². The monoisotopic (exact) mass is 482 g/mol. The molecule has 0 aliphatic heterocycles. The summed E-state index contributed by atoms with van der Waals surface area (Å²) in [4.78, 5) is 17.4. The number of hydrogen-bond acceptors (Lipinski definition) is 6. The molecule has 1 amide bonds. The lowest BCUT2D eigenvalue weighted by Gasteiger charge is -2.05. The van der Waals surface area contributed by atoms with Crippen LogP contribution in [0.25, 0.3) is 10.2 Å². The highest BCUT2D eigenvalue weighted by atomic mass is 35.5. The van der Waals surface area contributed by atoms with E-state index in [1.54, 1.807) is 14.2 Å². The van der Waals surface area contributed by atoms with Crippen molar-refractivity contribution in [3.05, 3.63) is 52.3 Å². The second kappa shape index (κ2) is 10.4. The molecule has 0 atom stereocenters. The summed E-state index contributed by atoms with van der Waals surface area (Å²) >= 11 is 7.19. The quantitative estimate of drug-likeness (QED) is 0.464. The third-order valence-corrected chi connectivity index (χ3v) is 7.72. The van der Waals surface area contributed by atoms with E-state index in [4.69, 9.17) is 21.1 Å². The summed E-state index contributed by atoms with van der Waals surface area (Å²) in [7, 11) is -0.269. The molecule has 0 saturated carbocycles. The van der Waals surface area contributed by atoms with Gasteiger partial charge in [0.2, 0.25) is 5.91 Å². The lowest BCUT2D eigenvalue weighted by Crippen LogP contribution is -2.19. The number of nitrogens with zero attached hydrogens (tertiary/aromatic N) is 2. The van der Waals surface area contributed by atoms with Crippen LogP contribution in [0.15, 0.2) is 52.4 Å². The molecule has 31 heavy (non-hydrogen) atoms. The molecule has 1 heterocycles. The zero-order valence-electron chi connectivity index (χ0n) is 17.2. The Kier molecular flexibility index (Phi) is 7.88. The van der Waals surface area contributed by atoms with E-state index >= 15 is 0 Å². The summed E-state index contributed by atoms with van der Waals surface area (Å²) in [5.41, 5.74) is 0.930. The van der Waals surface area contributed by atoms with Gasteiger partial charge in [-0.3, -0.25) is 4.79 Å². The molecule has 0 radical (unpaired) electrons. The first-order chi connectivity index (χ1) is 14.8. The van der Waals surface area contributed by atoms with Crippen LogP contribution in [-0.4, -0.2) is 45.5 Å². The van der Waals surface area contributed by atoms with Gasteiger partial charge in [-0.25, -0.2) is 8.42 Å². The Labute approximate surface area is 189 Å². The van der Waals surface area contributed by atoms with E-state index in [2.05, 4.69) is 4.99 Å². The van der Waals surface area contributed by atoms with Crippen molar-refractivity contribution in [1.29, 1.82) is 0 Å². The van der Waals surface area contributed by atoms with Crippen molar-refractivity contribution in [3.8, 4) is 5.75 Å². The zero-order valence-corrected chi connectivity index (χ0v) is 19.6. The predicted molar refractivity (Wildman–Crippen MR) is 122 cm³/mol. The highest BCUT2D eigenvalue weighted by Gasteiger charge is 2.15. The van der Waals surface area contributed by atoms with Crippen LogP contribution < -0.4 is 9.54 Å². The van der Waals surface area contributed by atoms with Gasteiger partial charge in [0.05, 0.1) is 34.6 Å². The molecule has 0 fully saturated rings. The van der Waals surface area contributed by atoms with Crippen LogP contribution in [0, 0.1) is 0 Å². The van der Waals surface area contributed by atoms with E-state index < -0.39 is 9.84 Å². The van der Waals surface area contributed by atoms with Crippen LogP contribution in [0.2, 0.25) is 5.02 Å². The number of rotatable bonds is 9. The number of thiazole rings is 1. The maximum absolute atomic E-state index is 12.5. The molecule has 10 heteroatoms. The van der Waals surface area contributed by atoms with E-state index in [0.29, 0.717) is 23.0 Å². The number of carbonyl (C=O) groups is 1. The molecular formula is C21H23ClN2O5S2. The van der Waals surface area contributed by atoms with Crippen molar-refractivity contribution < 1.29 is 22.7 Å². The Morgan fingerprint density at radius 1 is 1.16 bits per heavy atom. The number of benzene rings is 2. The van der Waals surface area contributed by atoms with Crippen LogP contribution in [0.5, 0.6) is 5.75 Å². The lowest BCUT2D eigenvalue weighted by molar-refractivity contribution is -0.118. The first kappa shape index (κ1) is 23.5. The van der Waals surface area contributed by atoms with Crippen LogP contribution >= 0.6 is 22.9 Å². The van der Waals surface area contributed by atoms with Gasteiger partial charge in [0.25, 0.3) is 0 Å². The zero-order chi connectivity index (χ0) is 22.4. The minimum absolute atomic E-state index is 0.0364. The van der Waals surface area contributed by atoms with E-state index in [9.17, 15) is 13.2 Å². The summed E-state index contributed by atoms with van der Waals surface area (Å²) in [6.45, 7) is 1.01. The summed E-state index contributed by atoms with van der Waals surface area (Å²) in [6.07, 6.45) is 0.221. The molecule has 0 spiro atoms. The van der Waals surface area contributed by atoms with Crippen molar-refractivity contribution in [2.75, 3.05) is 26.6 Å². The highest BCUT2D eigenvalue weighted by molar-refractivity contribution is 7.91. The third-order valence-electron chi connectivity index (χ3n) is 4.61. The molecule has 7 nitrogen and oxygen atoms in total. The van der Waals surface area contributed by atoms with Crippen molar-refractivity contribution in [2.24, 2.45) is 4.99 Å². The lowest BCUT2D eigenvalue weighted by atomic mass is 10.3. The van der Waals surface area contributed by atoms with Crippen LogP contribution in [0.1, 0.15) is 12.8 Å². The standard InChI is InChI=1S/C21H23ClN2O5S2/c1-28-12-11-24-18-10-7-16(29-2)14-19(18)30-21(24)23-20(25)4-3-13-31(26,27)17-8-5-15(22)6-9-17/h5-10,14H,3-4,11-13H2,1-2H3. The van der Waals surface area contributed by atoms with Gasteiger partial charge in [-0.1, -0.05) is 22.9 Å². The van der Waals surface area contributed by atoms with Gasteiger partial charge in [-0.2, -0.15) is 4.99 Å². The Morgan fingerprint density at radius 2 is 1.90 bits per heavy atom. The van der Waals surface area contributed by atoms with Gasteiger partial charge in [-0.15, -0.1) is 0 Å². The van der Waals surface area contributed by atoms with Crippen LogP contribution in [-0.2, 0) is 25.9 Å². The average Bonchev–Trinajstić information content (AvgIpc) is 3.08. The molecule has 0 aliphatic carbocycles. The molecule has 1 aromatic heterocycles. The minimum atomic E-state index is -3.48. The Hall–Kier alpha value is -2.20. The fourth-order valence-electron chi connectivity index (χ4n) is 3.00. The normalized spacial score (nSPS) is 12.4. The van der Waals surface area contributed by atoms with Gasteiger partial charge < -0.3 is 14.0 Å². The number of carbonyl (C=O) groups excluding carboxylic acids is 1. The Balaban J connectivity index is 1.76. The Morgan fingerprint density at radius 3 is 2.58 bits per heavy atom. The number of halogens is 1. The molecule has 0 saturated heterocycles. The first-order valence-corrected chi connectivity index (χ1v) is 12.4. The van der Waals surface area contributed by atoms with Gasteiger partial charge in [0, 0.05) is 25.1 Å². The SMILES string of the molecule is COCCn1c(=NC(=O)CCCS(=O)(=O)c2ccc(Cl)cc2)sc2cc(OC)ccc21. The number of hydrogen-bond donors (Lipinski definition) is 0. The van der Waals surface area contributed by atoms with E-state index in [1.807, 2.05) is 22.8 Å². The minimum Gasteiger partial charge on any atom is -0.497 e. The number of aromatic nitrogens is 1. The van der Waals surface area contributed by atoms with Gasteiger partial charge in [0.1, 0.15) is 5.75 Å². The fourth-order valence-corrected chi connectivity index (χ4v) is 5.54. The predicted octanol–water partition coefficient (Wildman–Crippen LogP) is 3.69. The molecule has 0 bridgehead atoms. The van der Waals surface area contributed by atoms with E-state index in [1.165, 1.54) is 35.6 Å². The molecule has 166 valence electrons. The van der Waals surface area contributed by atoms with E-state index in [-0.39, 0.29) is 29.4 Å². The average molecular weight is 483 g/mol. The molecule has 3 rings (SSSR count). The van der Waals surface area contributed by atoms with Gasteiger partial charge in [0.15, 0.2) is 14.6 Å². The third kappa shape index (κ3) is 5.94. The summed E-state index contributed by atoms with van der Waals surface area (Å²) in [6, 6.07) is 11.7. The molecule has 0 aliphatic rings. The molecule has 0 unspecified atom stereocenters. The maximum Gasteiger partial charge on any atom is 0.248 e. The fraction of sp³-hybridized carbons (Fsp3) is 0.333. The molecular weight excluding hydrogens is 460 g/mol. The smallest absolute Gasteiger partial charge is 0.248 e. The van der Waals surface area contributed by atoms with Crippen molar-refractivity contribution in [1.82, 2.24) is 4.57 Å². The summed E-state index contributed by atoms with van der Waals surface area (Å²) < 4.78 is 38.2. The van der Waals surface area contributed by atoms with E-state index in [0.717, 1.165) is 16.0 Å². The molecule has 0 N–H and O–H groups in total.